The molecule has 1 fully saturated rings. The number of nitrogens with zero attached hydrogens (tertiary/aromatic N) is 3. The maximum Gasteiger partial charge on any atom is 0.243 e. The predicted molar refractivity (Wildman–Crippen MR) is 90.4 cm³/mol. The number of hydrogen-bond acceptors (Lipinski definition) is 6. The first-order valence-corrected chi connectivity index (χ1v) is 9.19. The van der Waals surface area contributed by atoms with E-state index in [1.54, 1.807) is 42.7 Å². The maximum absolute atomic E-state index is 12.6. The zero-order valence-electron chi connectivity index (χ0n) is 13.6. The monoisotopic (exact) mass is 348 g/mol. The van der Waals surface area contributed by atoms with Crippen molar-refractivity contribution in [1.82, 2.24) is 14.3 Å². The van der Waals surface area contributed by atoms with E-state index in [2.05, 4.69) is 15.3 Å². The topological polar surface area (TPSA) is 84.4 Å². The summed E-state index contributed by atoms with van der Waals surface area (Å²) in [6.07, 6.45) is 3.34. The van der Waals surface area contributed by atoms with E-state index in [-0.39, 0.29) is 17.0 Å². The van der Waals surface area contributed by atoms with Crippen molar-refractivity contribution in [2.24, 2.45) is 0 Å². The van der Waals surface area contributed by atoms with Gasteiger partial charge in [0.2, 0.25) is 16.0 Å². The van der Waals surface area contributed by atoms with E-state index in [4.69, 9.17) is 4.74 Å². The lowest BCUT2D eigenvalue weighted by Crippen LogP contribution is -2.56. The van der Waals surface area contributed by atoms with Gasteiger partial charge in [-0.3, -0.25) is 0 Å². The minimum absolute atomic E-state index is 0.0192. The Morgan fingerprint density at radius 3 is 2.38 bits per heavy atom. The number of hydrogen-bond donors (Lipinski definition) is 1. The zero-order chi connectivity index (χ0) is 17.2. The van der Waals surface area contributed by atoms with Crippen LogP contribution < -0.4 is 10.1 Å². The summed E-state index contributed by atoms with van der Waals surface area (Å²) in [5.74, 6) is 1.17. The number of aromatic nitrogens is 2. The number of anilines is 1. The van der Waals surface area contributed by atoms with E-state index in [0.29, 0.717) is 24.8 Å². The van der Waals surface area contributed by atoms with Gasteiger partial charge in [-0.2, -0.15) is 4.31 Å². The summed E-state index contributed by atoms with van der Waals surface area (Å²) < 4.78 is 32.1. The van der Waals surface area contributed by atoms with Gasteiger partial charge < -0.3 is 10.1 Å². The SMILES string of the molecule is CC(C)Oc1ccc(S(=O)(=O)N2CC(Nc3ncccn3)C2)cc1. The second-order valence-electron chi connectivity index (χ2n) is 5.87. The molecule has 0 bridgehead atoms. The molecule has 1 saturated heterocycles. The quantitative estimate of drug-likeness (QED) is 0.856. The molecule has 0 atom stereocenters. The molecule has 0 spiro atoms. The van der Waals surface area contributed by atoms with Crippen molar-refractivity contribution in [2.45, 2.75) is 30.9 Å². The van der Waals surface area contributed by atoms with Crippen LogP contribution in [0.15, 0.2) is 47.6 Å². The van der Waals surface area contributed by atoms with Crippen LogP contribution in [0.4, 0.5) is 5.95 Å². The third-order valence-corrected chi connectivity index (χ3v) is 5.43. The van der Waals surface area contributed by atoms with Crippen molar-refractivity contribution in [2.75, 3.05) is 18.4 Å². The van der Waals surface area contributed by atoms with Crippen LogP contribution in [0.5, 0.6) is 5.75 Å². The number of ether oxygens (including phenoxy) is 1. The average Bonchev–Trinajstić information content (AvgIpc) is 2.51. The van der Waals surface area contributed by atoms with Crippen molar-refractivity contribution >= 4 is 16.0 Å². The van der Waals surface area contributed by atoms with Gasteiger partial charge in [-0.05, 0) is 44.2 Å². The summed E-state index contributed by atoms with van der Waals surface area (Å²) in [4.78, 5) is 8.42. The molecular formula is C16H20N4O3S. The minimum atomic E-state index is -3.48. The third-order valence-electron chi connectivity index (χ3n) is 3.58. The molecule has 3 rings (SSSR count). The Hall–Kier alpha value is -2.19. The second kappa shape index (κ2) is 6.74. The standard InChI is InChI=1S/C16H20N4O3S/c1-12(2)23-14-4-6-15(7-5-14)24(21,22)20-10-13(11-20)19-16-17-8-3-9-18-16/h3-9,12-13H,10-11H2,1-2H3,(H,17,18,19). The van der Waals surface area contributed by atoms with Crippen LogP contribution in [-0.4, -0.2) is 47.9 Å². The molecule has 2 aromatic rings. The molecule has 0 aliphatic carbocycles. The van der Waals surface area contributed by atoms with Gasteiger partial charge >= 0.3 is 0 Å². The van der Waals surface area contributed by atoms with Crippen LogP contribution in [0.2, 0.25) is 0 Å². The first-order chi connectivity index (χ1) is 11.4. The molecule has 1 aliphatic heterocycles. The Labute approximate surface area is 141 Å². The highest BCUT2D eigenvalue weighted by Crippen LogP contribution is 2.24. The van der Waals surface area contributed by atoms with Crippen molar-refractivity contribution in [3.05, 3.63) is 42.7 Å². The molecule has 0 amide bonds. The third kappa shape index (κ3) is 3.65. The summed E-state index contributed by atoms with van der Waals surface area (Å²) in [5.41, 5.74) is 0. The van der Waals surface area contributed by atoms with E-state index in [1.807, 2.05) is 13.8 Å². The maximum atomic E-state index is 12.6. The van der Waals surface area contributed by atoms with Crippen molar-refractivity contribution in [3.63, 3.8) is 0 Å². The average molecular weight is 348 g/mol. The van der Waals surface area contributed by atoms with Gasteiger partial charge in [0.15, 0.2) is 0 Å². The first-order valence-electron chi connectivity index (χ1n) is 7.75. The summed E-state index contributed by atoms with van der Waals surface area (Å²) in [6, 6.07) is 8.27. The minimum Gasteiger partial charge on any atom is -0.491 e. The molecule has 1 N–H and O–H groups in total. The fourth-order valence-corrected chi connectivity index (χ4v) is 3.92. The van der Waals surface area contributed by atoms with Crippen molar-refractivity contribution < 1.29 is 13.2 Å². The second-order valence-corrected chi connectivity index (χ2v) is 7.81. The summed E-state index contributed by atoms with van der Waals surface area (Å²) in [6.45, 7) is 4.64. The predicted octanol–water partition coefficient (Wildman–Crippen LogP) is 1.75. The molecule has 8 heteroatoms. The van der Waals surface area contributed by atoms with Gasteiger partial charge in [-0.1, -0.05) is 0 Å². The smallest absolute Gasteiger partial charge is 0.243 e. The summed E-state index contributed by atoms with van der Waals surface area (Å²) >= 11 is 0. The lowest BCUT2D eigenvalue weighted by atomic mass is 10.2. The van der Waals surface area contributed by atoms with Crippen LogP contribution in [0.3, 0.4) is 0 Å². The van der Waals surface area contributed by atoms with Gasteiger partial charge in [0.1, 0.15) is 5.75 Å². The Bertz CT molecular complexity index is 773. The molecule has 128 valence electrons. The normalized spacial score (nSPS) is 16.0. The Balaban J connectivity index is 1.61. The molecule has 0 saturated carbocycles. The van der Waals surface area contributed by atoms with Crippen molar-refractivity contribution in [3.8, 4) is 5.75 Å². The molecule has 2 heterocycles. The van der Waals surface area contributed by atoms with Gasteiger partial charge in [0, 0.05) is 25.5 Å². The lowest BCUT2D eigenvalue weighted by molar-refractivity contribution is 0.242. The Kier molecular flexibility index (Phi) is 4.68. The summed E-state index contributed by atoms with van der Waals surface area (Å²) in [5, 5.41) is 3.11. The van der Waals surface area contributed by atoms with Crippen molar-refractivity contribution in [1.29, 1.82) is 0 Å². The molecule has 1 aromatic heterocycles. The molecule has 7 nitrogen and oxygen atoms in total. The van der Waals surface area contributed by atoms with Crippen LogP contribution >= 0.6 is 0 Å². The highest BCUT2D eigenvalue weighted by Gasteiger charge is 2.37. The molecule has 24 heavy (non-hydrogen) atoms. The van der Waals surface area contributed by atoms with Crippen LogP contribution in [-0.2, 0) is 10.0 Å². The van der Waals surface area contributed by atoms with E-state index in [9.17, 15) is 8.42 Å². The van der Waals surface area contributed by atoms with E-state index in [0.717, 1.165) is 0 Å². The number of sulfonamides is 1. The fraction of sp³-hybridized carbons (Fsp3) is 0.375. The fourth-order valence-electron chi connectivity index (χ4n) is 2.39. The number of rotatable bonds is 6. The van der Waals surface area contributed by atoms with E-state index >= 15 is 0 Å². The molecular weight excluding hydrogens is 328 g/mol. The van der Waals surface area contributed by atoms with Crippen LogP contribution in [0.1, 0.15) is 13.8 Å². The molecule has 0 unspecified atom stereocenters. The largest absolute Gasteiger partial charge is 0.491 e. The van der Waals surface area contributed by atoms with Gasteiger partial charge in [-0.25, -0.2) is 18.4 Å². The summed E-state index contributed by atoms with van der Waals surface area (Å²) in [7, 11) is -3.48. The highest BCUT2D eigenvalue weighted by atomic mass is 32.2. The van der Waals surface area contributed by atoms with Gasteiger partial charge in [0.05, 0.1) is 17.0 Å². The Morgan fingerprint density at radius 2 is 1.79 bits per heavy atom. The first kappa shape index (κ1) is 16.7. The van der Waals surface area contributed by atoms with E-state index < -0.39 is 10.0 Å². The zero-order valence-corrected chi connectivity index (χ0v) is 14.4. The molecule has 0 radical (unpaired) electrons. The molecule has 1 aliphatic rings. The van der Waals surface area contributed by atoms with Gasteiger partial charge in [0.25, 0.3) is 0 Å². The molecule has 1 aromatic carbocycles. The van der Waals surface area contributed by atoms with Crippen LogP contribution in [0.25, 0.3) is 0 Å². The highest BCUT2D eigenvalue weighted by molar-refractivity contribution is 7.89. The van der Waals surface area contributed by atoms with E-state index in [1.165, 1.54) is 4.31 Å². The van der Waals surface area contributed by atoms with Crippen LogP contribution in [0, 0.1) is 0 Å². The number of nitrogens with one attached hydrogen (secondary N) is 1. The Morgan fingerprint density at radius 1 is 1.17 bits per heavy atom. The van der Waals surface area contributed by atoms with Gasteiger partial charge in [-0.15, -0.1) is 0 Å². The lowest BCUT2D eigenvalue weighted by Gasteiger charge is -2.38. The number of benzene rings is 1.